The largest absolute Gasteiger partial charge is 0.301 e. The number of hydrogen-bond acceptors (Lipinski definition) is 3. The summed E-state index contributed by atoms with van der Waals surface area (Å²) in [5.41, 5.74) is 9.16. The van der Waals surface area contributed by atoms with E-state index in [1.54, 1.807) is 0 Å². The molecule has 0 unspecified atom stereocenters. The summed E-state index contributed by atoms with van der Waals surface area (Å²) >= 11 is 3.83. The molecule has 6 aromatic carbocycles. The third-order valence-electron chi connectivity index (χ3n) is 9.50. The maximum atomic E-state index is 5.17. The molecule has 0 radical (unpaired) electrons. The van der Waals surface area contributed by atoms with Crippen molar-refractivity contribution >= 4 is 102 Å². The van der Waals surface area contributed by atoms with Crippen LogP contribution < -0.4 is 0 Å². The smallest absolute Gasteiger partial charge is 0.146 e. The molecule has 11 rings (SSSR count). The summed E-state index contributed by atoms with van der Waals surface area (Å²) in [5.74, 6) is 0. The first-order chi connectivity index (χ1) is 22.8. The van der Waals surface area contributed by atoms with E-state index in [1.165, 1.54) is 79.1 Å². The molecule has 0 atom stereocenters. The lowest BCUT2D eigenvalue weighted by atomic mass is 10.0. The Balaban J connectivity index is 1.21. The number of hydrogen-bond donors (Lipinski definition) is 0. The summed E-state index contributed by atoms with van der Waals surface area (Å²) < 4.78 is 8.91. The topological polar surface area (TPSA) is 22.2 Å². The Morgan fingerprint density at radius 1 is 0.478 bits per heavy atom. The lowest BCUT2D eigenvalue weighted by Crippen LogP contribution is -1.92. The van der Waals surface area contributed by atoms with Crippen molar-refractivity contribution < 1.29 is 0 Å². The number of para-hydroxylation sites is 2. The Morgan fingerprint density at radius 3 is 2.09 bits per heavy atom. The highest BCUT2D eigenvalue weighted by Crippen LogP contribution is 2.49. The first kappa shape index (κ1) is 24.8. The van der Waals surface area contributed by atoms with Crippen molar-refractivity contribution in [1.82, 2.24) is 14.0 Å². The van der Waals surface area contributed by atoms with Gasteiger partial charge in [0, 0.05) is 37.3 Å². The highest BCUT2D eigenvalue weighted by atomic mass is 32.1. The van der Waals surface area contributed by atoms with Crippen LogP contribution >= 0.6 is 22.7 Å². The van der Waals surface area contributed by atoms with Crippen molar-refractivity contribution in [3.8, 4) is 16.8 Å². The zero-order valence-electron chi connectivity index (χ0n) is 24.4. The van der Waals surface area contributed by atoms with Gasteiger partial charge in [0.2, 0.25) is 0 Å². The fraction of sp³-hybridized carbons (Fsp3) is 0. The second-order valence-electron chi connectivity index (χ2n) is 12.0. The van der Waals surface area contributed by atoms with E-state index in [2.05, 4.69) is 148 Å². The number of rotatable bonds is 2. The van der Waals surface area contributed by atoms with E-state index < -0.39 is 0 Å². The summed E-state index contributed by atoms with van der Waals surface area (Å²) in [6, 6.07) is 50.6. The summed E-state index contributed by atoms with van der Waals surface area (Å²) in [6.07, 6.45) is 0. The number of thiophene rings is 2. The Bertz CT molecular complexity index is 3030. The molecule has 0 aliphatic rings. The maximum Gasteiger partial charge on any atom is 0.146 e. The Hall–Kier alpha value is -5.49. The SMILES string of the molecule is c1ccc(-n2c3ccc(-c4ccc5nc6c7ccccc7c7ccccc7n6c5c4)cc3c3c4sc5ccccc5c4sc32)cc1. The van der Waals surface area contributed by atoms with Crippen molar-refractivity contribution in [2.24, 2.45) is 0 Å². The van der Waals surface area contributed by atoms with Gasteiger partial charge in [-0.2, -0.15) is 0 Å². The minimum absolute atomic E-state index is 1.00. The van der Waals surface area contributed by atoms with Gasteiger partial charge in [-0.1, -0.05) is 91.0 Å². The van der Waals surface area contributed by atoms with Crippen LogP contribution in [-0.4, -0.2) is 14.0 Å². The molecule has 0 bridgehead atoms. The first-order valence-electron chi connectivity index (χ1n) is 15.5. The van der Waals surface area contributed by atoms with Crippen molar-refractivity contribution in [1.29, 1.82) is 0 Å². The predicted molar refractivity (Wildman–Crippen MR) is 198 cm³/mol. The number of benzene rings is 6. The van der Waals surface area contributed by atoms with Crippen LogP contribution in [0.1, 0.15) is 0 Å². The minimum Gasteiger partial charge on any atom is -0.301 e. The maximum absolute atomic E-state index is 5.17. The highest BCUT2D eigenvalue weighted by Gasteiger charge is 2.21. The average Bonchev–Trinajstić information content (AvgIpc) is 3.85. The summed E-state index contributed by atoms with van der Waals surface area (Å²) in [4.78, 5) is 6.47. The fourth-order valence-electron chi connectivity index (χ4n) is 7.47. The van der Waals surface area contributed by atoms with Crippen molar-refractivity contribution in [3.63, 3.8) is 0 Å². The fourth-order valence-corrected chi connectivity index (χ4v) is 10.3. The second kappa shape index (κ2) is 9.04. The lowest BCUT2D eigenvalue weighted by molar-refractivity contribution is 1.19. The molecule has 0 aliphatic carbocycles. The zero-order chi connectivity index (χ0) is 29.9. The van der Waals surface area contributed by atoms with Crippen LogP contribution in [0.5, 0.6) is 0 Å². The van der Waals surface area contributed by atoms with Gasteiger partial charge < -0.3 is 4.57 Å². The van der Waals surface area contributed by atoms with Crippen LogP contribution in [0.25, 0.3) is 95.8 Å². The molecule has 0 saturated carbocycles. The number of fused-ring (bicyclic) bond motifs is 15. The molecule has 0 fully saturated rings. The number of pyridine rings is 1. The molecule has 46 heavy (non-hydrogen) atoms. The Labute approximate surface area is 270 Å². The van der Waals surface area contributed by atoms with E-state index in [4.69, 9.17) is 4.98 Å². The van der Waals surface area contributed by atoms with Gasteiger partial charge in [-0.25, -0.2) is 4.98 Å². The molecular weight excluding hydrogens is 599 g/mol. The highest BCUT2D eigenvalue weighted by molar-refractivity contribution is 7.36. The molecule has 0 aliphatic heterocycles. The van der Waals surface area contributed by atoms with Gasteiger partial charge in [0.25, 0.3) is 0 Å². The number of nitrogens with zero attached hydrogens (tertiary/aromatic N) is 3. The molecule has 3 nitrogen and oxygen atoms in total. The predicted octanol–water partition coefficient (Wildman–Crippen LogP) is 12.0. The van der Waals surface area contributed by atoms with Gasteiger partial charge >= 0.3 is 0 Å². The third-order valence-corrected chi connectivity index (χ3v) is 12.0. The quantitative estimate of drug-likeness (QED) is 0.176. The van der Waals surface area contributed by atoms with E-state index in [9.17, 15) is 0 Å². The van der Waals surface area contributed by atoms with Gasteiger partial charge in [0.15, 0.2) is 0 Å². The molecule has 214 valence electrons. The molecule has 0 spiro atoms. The molecule has 0 saturated heterocycles. The molecule has 5 heterocycles. The molecular formula is C41H23N3S2. The van der Waals surface area contributed by atoms with E-state index in [0.29, 0.717) is 0 Å². The third kappa shape index (κ3) is 3.23. The summed E-state index contributed by atoms with van der Waals surface area (Å²) in [5, 5.41) is 7.66. The minimum atomic E-state index is 1.00. The van der Waals surface area contributed by atoms with Crippen LogP contribution in [0, 0.1) is 0 Å². The monoisotopic (exact) mass is 621 g/mol. The van der Waals surface area contributed by atoms with Gasteiger partial charge in [0.1, 0.15) is 10.5 Å². The average molecular weight is 622 g/mol. The summed E-state index contributed by atoms with van der Waals surface area (Å²) in [7, 11) is 0. The first-order valence-corrected chi connectivity index (χ1v) is 17.1. The molecule has 5 aromatic heterocycles. The number of aromatic nitrogens is 3. The van der Waals surface area contributed by atoms with Crippen LogP contribution in [-0.2, 0) is 0 Å². The standard InChI is InChI=1S/C41H23N3S2/c1-2-10-26(11-3-1)43-34-21-19-24(22-31(34)37-39-38(46-41(37)43)30-15-7-9-17-36(30)45-39)25-18-20-32-35(23-25)44-33-16-8-6-13-28(33)27-12-4-5-14-29(27)40(44)42-32/h1-23H. The molecule has 11 aromatic rings. The van der Waals surface area contributed by atoms with Gasteiger partial charge in [-0.05, 0) is 65.0 Å². The molecule has 0 amide bonds. The summed E-state index contributed by atoms with van der Waals surface area (Å²) in [6.45, 7) is 0. The lowest BCUT2D eigenvalue weighted by Gasteiger charge is -2.09. The zero-order valence-corrected chi connectivity index (χ0v) is 26.1. The van der Waals surface area contributed by atoms with Crippen molar-refractivity contribution in [2.75, 3.05) is 0 Å². The van der Waals surface area contributed by atoms with Crippen molar-refractivity contribution in [3.05, 3.63) is 140 Å². The normalized spacial score (nSPS) is 12.3. The number of imidazole rings is 1. The second-order valence-corrected chi connectivity index (χ2v) is 14.0. The van der Waals surface area contributed by atoms with Crippen LogP contribution in [0.2, 0.25) is 0 Å². The van der Waals surface area contributed by atoms with E-state index >= 15 is 0 Å². The van der Waals surface area contributed by atoms with E-state index in [0.717, 1.165) is 16.7 Å². The van der Waals surface area contributed by atoms with Gasteiger partial charge in [-0.15, -0.1) is 22.7 Å². The Morgan fingerprint density at radius 2 is 1.20 bits per heavy atom. The van der Waals surface area contributed by atoms with E-state index in [1.807, 2.05) is 22.7 Å². The van der Waals surface area contributed by atoms with Crippen LogP contribution in [0.15, 0.2) is 140 Å². The Kier molecular flexibility index (Phi) is 4.87. The van der Waals surface area contributed by atoms with Crippen LogP contribution in [0.4, 0.5) is 0 Å². The molecule has 5 heteroatoms. The van der Waals surface area contributed by atoms with Gasteiger partial charge in [-0.3, -0.25) is 4.40 Å². The molecule has 0 N–H and O–H groups in total. The van der Waals surface area contributed by atoms with E-state index in [-0.39, 0.29) is 0 Å². The van der Waals surface area contributed by atoms with Crippen molar-refractivity contribution in [2.45, 2.75) is 0 Å². The van der Waals surface area contributed by atoms with Gasteiger partial charge in [0.05, 0.1) is 31.5 Å². The van der Waals surface area contributed by atoms with Crippen LogP contribution in [0.3, 0.4) is 0 Å².